The van der Waals surface area contributed by atoms with Crippen LogP contribution in [0.4, 0.5) is 8.78 Å². The smallest absolute Gasteiger partial charge is 0.166 e. The Morgan fingerprint density at radius 2 is 2.00 bits per heavy atom. The quantitative estimate of drug-likeness (QED) is 0.691. The molecule has 92 valence electrons. The van der Waals surface area contributed by atoms with Crippen molar-refractivity contribution in [3.8, 4) is 0 Å². The highest BCUT2D eigenvalue weighted by Crippen LogP contribution is 2.34. The molecule has 0 amide bonds. The molecule has 2 rings (SSSR count). The molecule has 2 heteroatoms. The van der Waals surface area contributed by atoms with Gasteiger partial charge in [-0.3, -0.25) is 0 Å². The normalized spacial score (nSPS) is 20.5. The van der Waals surface area contributed by atoms with E-state index in [9.17, 15) is 8.78 Å². The molecule has 1 aliphatic carbocycles. The van der Waals surface area contributed by atoms with E-state index in [1.54, 1.807) is 12.1 Å². The molecule has 0 nitrogen and oxygen atoms in total. The average Bonchev–Trinajstić information content (AvgIpc) is 2.33. The van der Waals surface area contributed by atoms with Gasteiger partial charge in [0, 0.05) is 5.56 Å². The van der Waals surface area contributed by atoms with Crippen LogP contribution in [0.2, 0.25) is 0 Å². The second kappa shape index (κ2) is 4.99. The summed E-state index contributed by atoms with van der Waals surface area (Å²) in [4.78, 5) is 0. The number of allylic oxidation sites excluding steroid dienone is 2. The maximum Gasteiger partial charge on any atom is 0.166 e. The van der Waals surface area contributed by atoms with Crippen LogP contribution >= 0.6 is 0 Å². The molecule has 1 unspecified atom stereocenters. The summed E-state index contributed by atoms with van der Waals surface area (Å²) in [6, 6.07) is 4.40. The van der Waals surface area contributed by atoms with Gasteiger partial charge in [0.15, 0.2) is 11.6 Å². The molecule has 0 fully saturated rings. The minimum Gasteiger partial charge on any atom is -0.204 e. The van der Waals surface area contributed by atoms with E-state index >= 15 is 0 Å². The summed E-state index contributed by atoms with van der Waals surface area (Å²) in [5.41, 5.74) is 1.39. The van der Waals surface area contributed by atoms with Gasteiger partial charge in [-0.25, -0.2) is 8.78 Å². The summed E-state index contributed by atoms with van der Waals surface area (Å²) in [6.07, 6.45) is 4.97. The van der Waals surface area contributed by atoms with Crippen molar-refractivity contribution < 1.29 is 8.78 Å². The zero-order chi connectivity index (χ0) is 12.4. The first-order valence-electron chi connectivity index (χ1n) is 6.23. The van der Waals surface area contributed by atoms with Crippen LogP contribution in [0, 0.1) is 23.5 Å². The van der Waals surface area contributed by atoms with Gasteiger partial charge >= 0.3 is 0 Å². The van der Waals surface area contributed by atoms with Crippen LogP contribution < -0.4 is 0 Å². The summed E-state index contributed by atoms with van der Waals surface area (Å²) >= 11 is 0. The molecule has 0 N–H and O–H groups in total. The molecule has 17 heavy (non-hydrogen) atoms. The van der Waals surface area contributed by atoms with Gasteiger partial charge in [-0.15, -0.1) is 0 Å². The van der Waals surface area contributed by atoms with Crippen molar-refractivity contribution in [2.75, 3.05) is 0 Å². The lowest BCUT2D eigenvalue weighted by Gasteiger charge is -2.25. The Morgan fingerprint density at radius 1 is 1.24 bits per heavy atom. The lowest BCUT2D eigenvalue weighted by Crippen LogP contribution is -2.12. The predicted molar refractivity (Wildman–Crippen MR) is 66.5 cm³/mol. The summed E-state index contributed by atoms with van der Waals surface area (Å²) < 4.78 is 26.8. The van der Waals surface area contributed by atoms with Crippen LogP contribution in [0.25, 0.3) is 5.57 Å². The number of benzene rings is 1. The first-order valence-corrected chi connectivity index (χ1v) is 6.23. The predicted octanol–water partition coefficient (Wildman–Crippen LogP) is 4.80. The average molecular weight is 236 g/mol. The molecule has 1 aromatic rings. The zero-order valence-corrected chi connectivity index (χ0v) is 10.3. The van der Waals surface area contributed by atoms with Gasteiger partial charge in [0.05, 0.1) is 0 Å². The zero-order valence-electron chi connectivity index (χ0n) is 10.3. The summed E-state index contributed by atoms with van der Waals surface area (Å²) in [5.74, 6) is -0.128. The standard InChI is InChI=1S/C15H18F2/c1-10(2)11-6-8-12(9-7-11)13-4-3-5-14(16)15(13)17/h3-5,8,10-11H,6-7,9H2,1-2H3. The van der Waals surface area contributed by atoms with Crippen molar-refractivity contribution in [3.63, 3.8) is 0 Å². The number of rotatable bonds is 2. The fourth-order valence-electron chi connectivity index (χ4n) is 2.46. The van der Waals surface area contributed by atoms with Gasteiger partial charge < -0.3 is 0 Å². The lowest BCUT2D eigenvalue weighted by molar-refractivity contribution is 0.359. The maximum atomic E-state index is 13.6. The van der Waals surface area contributed by atoms with Gasteiger partial charge in [0.1, 0.15) is 0 Å². The Labute approximate surface area is 101 Å². The number of hydrogen-bond donors (Lipinski definition) is 0. The summed E-state index contributed by atoms with van der Waals surface area (Å²) in [6.45, 7) is 4.43. The van der Waals surface area contributed by atoms with E-state index in [-0.39, 0.29) is 0 Å². The topological polar surface area (TPSA) is 0 Å². The SMILES string of the molecule is CC(C)C1CC=C(c2cccc(F)c2F)CC1. The van der Waals surface area contributed by atoms with Gasteiger partial charge in [0.25, 0.3) is 0 Å². The molecule has 0 spiro atoms. The summed E-state index contributed by atoms with van der Waals surface area (Å²) in [7, 11) is 0. The minimum atomic E-state index is -0.755. The number of halogens is 2. The van der Waals surface area contributed by atoms with Gasteiger partial charge in [-0.2, -0.15) is 0 Å². The Balaban J connectivity index is 2.22. The van der Waals surface area contributed by atoms with Gasteiger partial charge in [0.2, 0.25) is 0 Å². The highest BCUT2D eigenvalue weighted by Gasteiger charge is 2.20. The van der Waals surface area contributed by atoms with Crippen LogP contribution in [0.1, 0.15) is 38.7 Å². The van der Waals surface area contributed by atoms with Crippen molar-refractivity contribution in [1.82, 2.24) is 0 Å². The first-order chi connectivity index (χ1) is 8.09. The third-order valence-electron chi connectivity index (χ3n) is 3.69. The molecule has 0 bridgehead atoms. The first kappa shape index (κ1) is 12.3. The molecule has 0 saturated carbocycles. The Bertz CT molecular complexity index is 433. The Morgan fingerprint density at radius 3 is 2.59 bits per heavy atom. The van der Waals surface area contributed by atoms with E-state index in [1.807, 2.05) is 0 Å². The van der Waals surface area contributed by atoms with Gasteiger partial charge in [-0.05, 0) is 42.7 Å². The van der Waals surface area contributed by atoms with E-state index in [1.165, 1.54) is 6.07 Å². The fraction of sp³-hybridized carbons (Fsp3) is 0.467. The Hall–Kier alpha value is -1.18. The van der Waals surface area contributed by atoms with E-state index in [4.69, 9.17) is 0 Å². The van der Waals surface area contributed by atoms with E-state index in [2.05, 4.69) is 19.9 Å². The van der Waals surface area contributed by atoms with Crippen molar-refractivity contribution in [2.45, 2.75) is 33.1 Å². The van der Waals surface area contributed by atoms with Crippen LogP contribution in [-0.4, -0.2) is 0 Å². The molecular weight excluding hydrogens is 218 g/mol. The van der Waals surface area contributed by atoms with Crippen LogP contribution in [0.5, 0.6) is 0 Å². The van der Waals surface area contributed by atoms with Crippen molar-refractivity contribution >= 4 is 5.57 Å². The van der Waals surface area contributed by atoms with E-state index in [0.717, 1.165) is 24.8 Å². The molecule has 0 aromatic heterocycles. The number of hydrogen-bond acceptors (Lipinski definition) is 0. The maximum absolute atomic E-state index is 13.6. The molecule has 0 radical (unpaired) electrons. The minimum absolute atomic E-state index is 0.437. The lowest BCUT2D eigenvalue weighted by atomic mass is 9.81. The monoisotopic (exact) mass is 236 g/mol. The van der Waals surface area contributed by atoms with E-state index < -0.39 is 11.6 Å². The largest absolute Gasteiger partial charge is 0.204 e. The van der Waals surface area contributed by atoms with Crippen molar-refractivity contribution in [3.05, 3.63) is 41.5 Å². The fourth-order valence-corrected chi connectivity index (χ4v) is 2.46. The van der Waals surface area contributed by atoms with Crippen molar-refractivity contribution in [1.29, 1.82) is 0 Å². The third-order valence-corrected chi connectivity index (χ3v) is 3.69. The highest BCUT2D eigenvalue weighted by molar-refractivity contribution is 5.66. The molecule has 0 aliphatic heterocycles. The van der Waals surface area contributed by atoms with Gasteiger partial charge in [-0.1, -0.05) is 32.1 Å². The molecule has 1 atom stereocenters. The molecule has 1 aromatic carbocycles. The molecule has 0 saturated heterocycles. The second-order valence-electron chi connectivity index (χ2n) is 5.11. The van der Waals surface area contributed by atoms with Crippen molar-refractivity contribution in [2.24, 2.45) is 11.8 Å². The van der Waals surface area contributed by atoms with Crippen LogP contribution in [0.3, 0.4) is 0 Å². The molecule has 1 aliphatic rings. The summed E-state index contributed by atoms with van der Waals surface area (Å²) in [5, 5.41) is 0. The van der Waals surface area contributed by atoms with Crippen LogP contribution in [-0.2, 0) is 0 Å². The molecule has 0 heterocycles. The van der Waals surface area contributed by atoms with Crippen LogP contribution in [0.15, 0.2) is 24.3 Å². The Kier molecular flexibility index (Phi) is 3.60. The van der Waals surface area contributed by atoms with E-state index in [0.29, 0.717) is 17.4 Å². The molecular formula is C15H18F2. The third kappa shape index (κ3) is 2.56. The second-order valence-corrected chi connectivity index (χ2v) is 5.11. The highest BCUT2D eigenvalue weighted by atomic mass is 19.2.